The number of sulfonamides is 1. The summed E-state index contributed by atoms with van der Waals surface area (Å²) in [5, 5.41) is 7.51. The zero-order chi connectivity index (χ0) is 20.9. The minimum Gasteiger partial charge on any atom is -0.352 e. The van der Waals surface area contributed by atoms with Crippen molar-refractivity contribution in [1.29, 1.82) is 0 Å². The molecule has 0 atom stereocenters. The molecule has 0 spiro atoms. The van der Waals surface area contributed by atoms with Crippen LogP contribution in [-0.2, 0) is 23.1 Å². The smallest absolute Gasteiger partial charge is 0.243 e. The number of guanidine groups is 1. The van der Waals surface area contributed by atoms with Gasteiger partial charge in [0.05, 0.1) is 17.1 Å². The van der Waals surface area contributed by atoms with Crippen molar-refractivity contribution in [2.75, 3.05) is 20.1 Å². The van der Waals surface area contributed by atoms with E-state index < -0.39 is 10.0 Å². The molecule has 7 nitrogen and oxygen atoms in total. The maximum Gasteiger partial charge on any atom is 0.243 e. The van der Waals surface area contributed by atoms with E-state index in [1.807, 2.05) is 13.0 Å². The molecule has 1 saturated heterocycles. The first-order chi connectivity index (χ1) is 13.9. The number of benzene rings is 1. The Kier molecular flexibility index (Phi) is 7.26. The number of rotatable bonds is 6. The molecule has 1 aromatic heterocycles. The summed E-state index contributed by atoms with van der Waals surface area (Å²) in [5.74, 6) is 0.653. The van der Waals surface area contributed by atoms with Gasteiger partial charge in [0, 0.05) is 31.6 Å². The van der Waals surface area contributed by atoms with Gasteiger partial charge in [-0.1, -0.05) is 18.6 Å². The zero-order valence-electron chi connectivity index (χ0n) is 17.2. The standard InChI is InChI=1S/C20H29N5O2S2/c1-15-16(2)28-19(24-15)14-23-20(21-3)22-13-17-8-7-9-18(12-17)29(26,27)25-10-5-4-6-11-25/h7-9,12H,4-6,10-11,13-14H2,1-3H3,(H2,21,22,23). The van der Waals surface area contributed by atoms with E-state index in [0.717, 1.165) is 35.5 Å². The Labute approximate surface area is 177 Å². The predicted molar refractivity (Wildman–Crippen MR) is 118 cm³/mol. The number of aliphatic imine (C=N–C) groups is 1. The molecule has 0 amide bonds. The van der Waals surface area contributed by atoms with Gasteiger partial charge in [-0.3, -0.25) is 4.99 Å². The number of thiazole rings is 1. The predicted octanol–water partition coefficient (Wildman–Crippen LogP) is 2.80. The first-order valence-electron chi connectivity index (χ1n) is 9.86. The highest BCUT2D eigenvalue weighted by Gasteiger charge is 2.25. The molecule has 0 aliphatic carbocycles. The van der Waals surface area contributed by atoms with Crippen molar-refractivity contribution >= 4 is 27.3 Å². The van der Waals surface area contributed by atoms with Crippen molar-refractivity contribution in [2.45, 2.75) is 51.1 Å². The number of nitrogens with zero attached hydrogens (tertiary/aromatic N) is 3. The van der Waals surface area contributed by atoms with Crippen LogP contribution in [0.1, 0.15) is 40.4 Å². The minimum absolute atomic E-state index is 0.357. The Hall–Kier alpha value is -1.97. The molecule has 2 N–H and O–H groups in total. The highest BCUT2D eigenvalue weighted by Crippen LogP contribution is 2.21. The SMILES string of the molecule is CN=C(NCc1cccc(S(=O)(=O)N2CCCCC2)c1)NCc1nc(C)c(C)s1. The van der Waals surface area contributed by atoms with Gasteiger partial charge in [0.1, 0.15) is 5.01 Å². The van der Waals surface area contributed by atoms with Crippen LogP contribution in [0.4, 0.5) is 0 Å². The molecule has 0 radical (unpaired) electrons. The average Bonchev–Trinajstić information content (AvgIpc) is 3.06. The lowest BCUT2D eigenvalue weighted by Gasteiger charge is -2.26. The van der Waals surface area contributed by atoms with Gasteiger partial charge in [0.15, 0.2) is 5.96 Å². The Morgan fingerprint density at radius 1 is 1.17 bits per heavy atom. The molecule has 1 aliphatic heterocycles. The second kappa shape index (κ2) is 9.69. The van der Waals surface area contributed by atoms with E-state index in [1.165, 1.54) is 4.88 Å². The van der Waals surface area contributed by atoms with Crippen LogP contribution in [0.15, 0.2) is 34.2 Å². The van der Waals surface area contributed by atoms with Gasteiger partial charge in [-0.25, -0.2) is 13.4 Å². The molecule has 29 heavy (non-hydrogen) atoms. The minimum atomic E-state index is -3.42. The molecule has 0 saturated carbocycles. The first kappa shape index (κ1) is 21.7. The summed E-state index contributed by atoms with van der Waals surface area (Å²) in [7, 11) is -1.71. The Morgan fingerprint density at radius 3 is 2.55 bits per heavy atom. The molecule has 1 aliphatic rings. The molecular weight excluding hydrogens is 406 g/mol. The van der Waals surface area contributed by atoms with Crippen molar-refractivity contribution in [3.05, 3.63) is 45.4 Å². The molecule has 3 rings (SSSR count). The fraction of sp³-hybridized carbons (Fsp3) is 0.500. The van der Waals surface area contributed by atoms with Gasteiger partial charge in [-0.05, 0) is 44.4 Å². The largest absolute Gasteiger partial charge is 0.352 e. The van der Waals surface area contributed by atoms with E-state index in [4.69, 9.17) is 0 Å². The van der Waals surface area contributed by atoms with Gasteiger partial charge in [-0.2, -0.15) is 4.31 Å². The monoisotopic (exact) mass is 435 g/mol. The van der Waals surface area contributed by atoms with Crippen LogP contribution in [-0.4, -0.2) is 43.8 Å². The number of nitrogens with one attached hydrogen (secondary N) is 2. The highest BCUT2D eigenvalue weighted by molar-refractivity contribution is 7.89. The van der Waals surface area contributed by atoms with E-state index in [0.29, 0.717) is 37.0 Å². The third kappa shape index (κ3) is 5.55. The van der Waals surface area contributed by atoms with E-state index in [9.17, 15) is 8.42 Å². The number of aromatic nitrogens is 1. The third-order valence-corrected chi connectivity index (χ3v) is 7.98. The molecule has 1 aromatic carbocycles. The van der Waals surface area contributed by atoms with E-state index in [2.05, 4.69) is 27.5 Å². The van der Waals surface area contributed by atoms with Crippen molar-refractivity contribution in [2.24, 2.45) is 4.99 Å². The summed E-state index contributed by atoms with van der Waals surface area (Å²) in [6.45, 7) is 6.37. The number of hydrogen-bond acceptors (Lipinski definition) is 5. The third-order valence-electron chi connectivity index (χ3n) is 5.01. The fourth-order valence-corrected chi connectivity index (χ4v) is 5.71. The zero-order valence-corrected chi connectivity index (χ0v) is 18.9. The Balaban J connectivity index is 1.60. The molecule has 0 unspecified atom stereocenters. The lowest BCUT2D eigenvalue weighted by molar-refractivity contribution is 0.346. The van der Waals surface area contributed by atoms with E-state index in [-0.39, 0.29) is 0 Å². The lowest BCUT2D eigenvalue weighted by Crippen LogP contribution is -2.36. The van der Waals surface area contributed by atoms with Crippen molar-refractivity contribution in [3.63, 3.8) is 0 Å². The summed E-state index contributed by atoms with van der Waals surface area (Å²) >= 11 is 1.67. The van der Waals surface area contributed by atoms with Gasteiger partial charge < -0.3 is 10.6 Å². The van der Waals surface area contributed by atoms with Crippen LogP contribution >= 0.6 is 11.3 Å². The van der Waals surface area contributed by atoms with Crippen molar-refractivity contribution in [1.82, 2.24) is 19.9 Å². The van der Waals surface area contributed by atoms with Crippen molar-refractivity contribution in [3.8, 4) is 0 Å². The summed E-state index contributed by atoms with van der Waals surface area (Å²) in [6.07, 6.45) is 2.96. The van der Waals surface area contributed by atoms with Gasteiger partial charge in [0.2, 0.25) is 10.0 Å². The summed E-state index contributed by atoms with van der Waals surface area (Å²) in [5.41, 5.74) is 1.95. The topological polar surface area (TPSA) is 86.7 Å². The van der Waals surface area contributed by atoms with E-state index in [1.54, 1.807) is 40.9 Å². The molecule has 9 heteroatoms. The Morgan fingerprint density at radius 2 is 1.90 bits per heavy atom. The second-order valence-electron chi connectivity index (χ2n) is 7.14. The number of aryl methyl sites for hydroxylation is 2. The van der Waals surface area contributed by atoms with Gasteiger partial charge in [-0.15, -0.1) is 11.3 Å². The van der Waals surface area contributed by atoms with Crippen LogP contribution in [0.2, 0.25) is 0 Å². The lowest BCUT2D eigenvalue weighted by atomic mass is 10.2. The van der Waals surface area contributed by atoms with E-state index >= 15 is 0 Å². The van der Waals surface area contributed by atoms with Crippen molar-refractivity contribution < 1.29 is 8.42 Å². The molecule has 1 fully saturated rings. The molecular formula is C20H29N5O2S2. The van der Waals surface area contributed by atoms with Gasteiger partial charge >= 0.3 is 0 Å². The molecule has 2 heterocycles. The highest BCUT2D eigenvalue weighted by atomic mass is 32.2. The van der Waals surface area contributed by atoms with Crippen LogP contribution in [0.25, 0.3) is 0 Å². The summed E-state index contributed by atoms with van der Waals surface area (Å²) in [6, 6.07) is 7.14. The average molecular weight is 436 g/mol. The second-order valence-corrected chi connectivity index (χ2v) is 10.4. The van der Waals surface area contributed by atoms with Crippen LogP contribution in [0.3, 0.4) is 0 Å². The first-order valence-corrected chi connectivity index (χ1v) is 12.1. The maximum absolute atomic E-state index is 12.9. The molecule has 158 valence electrons. The maximum atomic E-state index is 12.9. The number of piperidine rings is 1. The summed E-state index contributed by atoms with van der Waals surface area (Å²) in [4.78, 5) is 10.3. The van der Waals surface area contributed by atoms with Gasteiger partial charge in [0.25, 0.3) is 0 Å². The van der Waals surface area contributed by atoms with Crippen LogP contribution in [0.5, 0.6) is 0 Å². The quantitative estimate of drug-likeness (QED) is 0.538. The normalized spacial score (nSPS) is 16.0. The van der Waals surface area contributed by atoms with Crippen LogP contribution < -0.4 is 10.6 Å². The number of hydrogen-bond donors (Lipinski definition) is 2. The Bertz CT molecular complexity index is 944. The molecule has 0 bridgehead atoms. The fourth-order valence-electron chi connectivity index (χ4n) is 3.25. The molecule has 2 aromatic rings. The van der Waals surface area contributed by atoms with Crippen LogP contribution in [0, 0.1) is 13.8 Å². The summed E-state index contributed by atoms with van der Waals surface area (Å²) < 4.78 is 27.4.